The number of hydrogen-bond acceptors (Lipinski definition) is 2. The van der Waals surface area contributed by atoms with Gasteiger partial charge in [0.2, 0.25) is 0 Å². The molecule has 3 nitrogen and oxygen atoms in total. The van der Waals surface area contributed by atoms with Gasteiger partial charge in [-0.3, -0.25) is 0 Å². The molecule has 0 aromatic carbocycles. The van der Waals surface area contributed by atoms with Crippen molar-refractivity contribution in [2.24, 2.45) is 11.8 Å². The van der Waals surface area contributed by atoms with Crippen molar-refractivity contribution < 1.29 is 4.74 Å². The Labute approximate surface area is 117 Å². The maximum Gasteiger partial charge on any atom is 0.166 e. The zero-order valence-corrected chi connectivity index (χ0v) is 12.8. The summed E-state index contributed by atoms with van der Waals surface area (Å²) >= 11 is 5.36. The lowest BCUT2D eigenvalue weighted by Crippen LogP contribution is -2.48. The summed E-state index contributed by atoms with van der Waals surface area (Å²) in [5.41, 5.74) is 0. The molecule has 0 radical (unpaired) electrons. The molecule has 0 aromatic rings. The Morgan fingerprint density at radius 3 is 2.72 bits per heavy atom. The Morgan fingerprint density at radius 1 is 1.33 bits per heavy atom. The second-order valence-electron chi connectivity index (χ2n) is 5.55. The number of methoxy groups -OCH3 is 1. The SMILES string of the molecule is COCCCNC(=S)NC1CCCCC1C(C)C. The lowest BCUT2D eigenvalue weighted by molar-refractivity contribution is 0.195. The second-order valence-corrected chi connectivity index (χ2v) is 5.95. The van der Waals surface area contributed by atoms with Crippen LogP contribution < -0.4 is 10.6 Å². The Bertz CT molecular complexity index is 246. The fraction of sp³-hybridized carbons (Fsp3) is 0.929. The molecule has 2 N–H and O–H groups in total. The highest BCUT2D eigenvalue weighted by atomic mass is 32.1. The first-order valence-electron chi connectivity index (χ1n) is 7.18. The summed E-state index contributed by atoms with van der Waals surface area (Å²) in [6, 6.07) is 0.557. The van der Waals surface area contributed by atoms with E-state index in [-0.39, 0.29) is 0 Å². The Kier molecular flexibility index (Phi) is 7.59. The van der Waals surface area contributed by atoms with Crippen LogP contribution in [0, 0.1) is 11.8 Å². The van der Waals surface area contributed by atoms with E-state index in [1.165, 1.54) is 25.7 Å². The van der Waals surface area contributed by atoms with Crippen LogP contribution in [0.25, 0.3) is 0 Å². The van der Waals surface area contributed by atoms with Gasteiger partial charge in [-0.05, 0) is 43.3 Å². The van der Waals surface area contributed by atoms with Gasteiger partial charge in [-0.2, -0.15) is 0 Å². The molecule has 4 heteroatoms. The molecule has 0 bridgehead atoms. The number of hydrogen-bond donors (Lipinski definition) is 2. The predicted molar refractivity (Wildman–Crippen MR) is 80.8 cm³/mol. The molecular formula is C14H28N2OS. The van der Waals surface area contributed by atoms with Crippen molar-refractivity contribution in [3.63, 3.8) is 0 Å². The predicted octanol–water partition coefficient (Wildman–Crippen LogP) is 2.70. The average molecular weight is 272 g/mol. The summed E-state index contributed by atoms with van der Waals surface area (Å²) in [6.07, 6.45) is 6.28. The summed E-state index contributed by atoms with van der Waals surface area (Å²) < 4.78 is 5.02. The third kappa shape index (κ3) is 5.53. The third-order valence-corrected chi connectivity index (χ3v) is 4.07. The molecule has 2 atom stereocenters. The highest BCUT2D eigenvalue weighted by Gasteiger charge is 2.27. The molecule has 2 unspecified atom stereocenters. The van der Waals surface area contributed by atoms with Crippen LogP contribution in [0.15, 0.2) is 0 Å². The first-order valence-corrected chi connectivity index (χ1v) is 7.59. The largest absolute Gasteiger partial charge is 0.385 e. The van der Waals surface area contributed by atoms with Crippen LogP contribution in [0.4, 0.5) is 0 Å². The molecular weight excluding hydrogens is 244 g/mol. The fourth-order valence-electron chi connectivity index (χ4n) is 2.77. The van der Waals surface area contributed by atoms with Gasteiger partial charge in [0.25, 0.3) is 0 Å². The van der Waals surface area contributed by atoms with Gasteiger partial charge >= 0.3 is 0 Å². The number of ether oxygens (including phenoxy) is 1. The molecule has 0 aromatic heterocycles. The van der Waals surface area contributed by atoms with Crippen LogP contribution in [0.5, 0.6) is 0 Å². The van der Waals surface area contributed by atoms with Crippen LogP contribution in [-0.4, -0.2) is 31.4 Å². The van der Waals surface area contributed by atoms with Gasteiger partial charge in [0.1, 0.15) is 0 Å². The minimum absolute atomic E-state index is 0.557. The Balaban J connectivity index is 2.28. The molecule has 0 heterocycles. The van der Waals surface area contributed by atoms with Gasteiger partial charge in [0, 0.05) is 26.3 Å². The molecule has 18 heavy (non-hydrogen) atoms. The van der Waals surface area contributed by atoms with Gasteiger partial charge in [-0.15, -0.1) is 0 Å². The molecule has 0 saturated heterocycles. The first-order chi connectivity index (χ1) is 8.65. The van der Waals surface area contributed by atoms with Crippen molar-refractivity contribution in [2.45, 2.75) is 52.0 Å². The molecule has 0 spiro atoms. The monoisotopic (exact) mass is 272 g/mol. The van der Waals surface area contributed by atoms with E-state index < -0.39 is 0 Å². The van der Waals surface area contributed by atoms with E-state index in [9.17, 15) is 0 Å². The molecule has 106 valence electrons. The molecule has 0 amide bonds. The van der Waals surface area contributed by atoms with Crippen LogP contribution in [0.3, 0.4) is 0 Å². The van der Waals surface area contributed by atoms with Crippen molar-refractivity contribution in [2.75, 3.05) is 20.3 Å². The smallest absolute Gasteiger partial charge is 0.166 e. The fourth-order valence-corrected chi connectivity index (χ4v) is 3.03. The van der Waals surface area contributed by atoms with Gasteiger partial charge in [0.15, 0.2) is 5.11 Å². The van der Waals surface area contributed by atoms with Crippen LogP contribution >= 0.6 is 12.2 Å². The summed E-state index contributed by atoms with van der Waals surface area (Å²) in [5.74, 6) is 1.50. The molecule has 1 saturated carbocycles. The van der Waals surface area contributed by atoms with Crippen molar-refractivity contribution >= 4 is 17.3 Å². The van der Waals surface area contributed by atoms with E-state index in [1.807, 2.05) is 0 Å². The minimum atomic E-state index is 0.557. The Hall–Kier alpha value is -0.350. The van der Waals surface area contributed by atoms with Crippen molar-refractivity contribution in [1.29, 1.82) is 0 Å². The number of rotatable bonds is 6. The van der Waals surface area contributed by atoms with Crippen LogP contribution in [-0.2, 0) is 4.74 Å². The highest BCUT2D eigenvalue weighted by molar-refractivity contribution is 7.80. The van der Waals surface area contributed by atoms with E-state index in [0.717, 1.165) is 36.5 Å². The highest BCUT2D eigenvalue weighted by Crippen LogP contribution is 2.30. The maximum atomic E-state index is 5.36. The minimum Gasteiger partial charge on any atom is -0.385 e. The summed E-state index contributed by atoms with van der Waals surface area (Å²) in [4.78, 5) is 0. The molecule has 0 aliphatic heterocycles. The van der Waals surface area contributed by atoms with Crippen LogP contribution in [0.1, 0.15) is 46.0 Å². The van der Waals surface area contributed by atoms with Gasteiger partial charge < -0.3 is 15.4 Å². The third-order valence-electron chi connectivity index (χ3n) is 3.80. The lowest BCUT2D eigenvalue weighted by Gasteiger charge is -2.35. The molecule has 1 aliphatic rings. The lowest BCUT2D eigenvalue weighted by atomic mass is 9.78. The standard InChI is InChI=1S/C14H28N2OS/c1-11(2)12-7-4-5-8-13(12)16-14(18)15-9-6-10-17-3/h11-13H,4-10H2,1-3H3,(H2,15,16,18). The first kappa shape index (κ1) is 15.7. The quantitative estimate of drug-likeness (QED) is 0.575. The van der Waals surface area contributed by atoms with E-state index in [4.69, 9.17) is 17.0 Å². The zero-order chi connectivity index (χ0) is 13.4. The normalized spacial score (nSPS) is 24.0. The second kappa shape index (κ2) is 8.70. The summed E-state index contributed by atoms with van der Waals surface area (Å²) in [7, 11) is 1.73. The van der Waals surface area contributed by atoms with Crippen molar-refractivity contribution in [1.82, 2.24) is 10.6 Å². The van der Waals surface area contributed by atoms with Gasteiger partial charge in [-0.25, -0.2) is 0 Å². The van der Waals surface area contributed by atoms with Crippen molar-refractivity contribution in [3.8, 4) is 0 Å². The summed E-state index contributed by atoms with van der Waals surface area (Å²) in [5, 5.41) is 7.58. The molecule has 1 aliphatic carbocycles. The van der Waals surface area contributed by atoms with E-state index in [2.05, 4.69) is 24.5 Å². The average Bonchev–Trinajstić information content (AvgIpc) is 2.35. The summed E-state index contributed by atoms with van der Waals surface area (Å²) in [6.45, 7) is 6.31. The number of thiocarbonyl (C=S) groups is 1. The van der Waals surface area contributed by atoms with E-state index >= 15 is 0 Å². The van der Waals surface area contributed by atoms with Gasteiger partial charge in [0.05, 0.1) is 0 Å². The van der Waals surface area contributed by atoms with Crippen molar-refractivity contribution in [3.05, 3.63) is 0 Å². The topological polar surface area (TPSA) is 33.3 Å². The zero-order valence-electron chi connectivity index (χ0n) is 12.0. The van der Waals surface area contributed by atoms with Gasteiger partial charge in [-0.1, -0.05) is 26.7 Å². The van der Waals surface area contributed by atoms with E-state index in [0.29, 0.717) is 6.04 Å². The Morgan fingerprint density at radius 2 is 2.06 bits per heavy atom. The number of nitrogens with one attached hydrogen (secondary N) is 2. The van der Waals surface area contributed by atoms with Crippen LogP contribution in [0.2, 0.25) is 0 Å². The van der Waals surface area contributed by atoms with E-state index in [1.54, 1.807) is 7.11 Å². The maximum absolute atomic E-state index is 5.36. The molecule has 1 fully saturated rings. The molecule has 1 rings (SSSR count).